The fourth-order valence-corrected chi connectivity index (χ4v) is 3.29. The molecule has 0 bridgehead atoms. The Bertz CT molecular complexity index is 873. The van der Waals surface area contributed by atoms with Crippen molar-refractivity contribution >= 4 is 0 Å². The molecule has 0 saturated heterocycles. The molecule has 1 atom stereocenters. The van der Waals surface area contributed by atoms with Gasteiger partial charge in [-0.1, -0.05) is 18.2 Å². The predicted octanol–water partition coefficient (Wildman–Crippen LogP) is 4.20. The SMILES string of the molecule is Fc1cccc(F)c1-c1ccc(CNC2CCc3cccnc32)nc1. The first-order valence-corrected chi connectivity index (χ1v) is 8.29. The minimum absolute atomic E-state index is 0.0385. The van der Waals surface area contributed by atoms with Crippen LogP contribution in [-0.4, -0.2) is 9.97 Å². The molecule has 0 radical (unpaired) electrons. The van der Waals surface area contributed by atoms with E-state index in [0.717, 1.165) is 24.2 Å². The number of halogens is 2. The van der Waals surface area contributed by atoms with E-state index < -0.39 is 11.6 Å². The summed E-state index contributed by atoms with van der Waals surface area (Å²) in [5.74, 6) is -1.16. The number of hydrogen-bond donors (Lipinski definition) is 1. The van der Waals surface area contributed by atoms with Crippen LogP contribution in [-0.2, 0) is 13.0 Å². The molecule has 3 aromatic rings. The third-order valence-corrected chi connectivity index (χ3v) is 4.56. The molecule has 0 spiro atoms. The molecule has 1 unspecified atom stereocenters. The van der Waals surface area contributed by atoms with Crippen LogP contribution in [0.4, 0.5) is 8.78 Å². The molecule has 126 valence electrons. The Morgan fingerprint density at radius 3 is 2.60 bits per heavy atom. The second kappa shape index (κ2) is 6.69. The summed E-state index contributed by atoms with van der Waals surface area (Å²) in [5.41, 5.74) is 3.62. The van der Waals surface area contributed by atoms with Gasteiger partial charge in [0.15, 0.2) is 0 Å². The molecule has 1 aromatic carbocycles. The minimum Gasteiger partial charge on any atom is -0.303 e. The molecule has 5 heteroatoms. The topological polar surface area (TPSA) is 37.8 Å². The van der Waals surface area contributed by atoms with E-state index >= 15 is 0 Å². The minimum atomic E-state index is -0.582. The number of fused-ring (bicyclic) bond motifs is 1. The van der Waals surface area contributed by atoms with E-state index in [0.29, 0.717) is 12.1 Å². The maximum atomic E-state index is 13.8. The normalized spacial score (nSPS) is 16.0. The summed E-state index contributed by atoms with van der Waals surface area (Å²) in [6, 6.07) is 11.6. The van der Waals surface area contributed by atoms with Gasteiger partial charge in [-0.3, -0.25) is 9.97 Å². The van der Waals surface area contributed by atoms with Gasteiger partial charge < -0.3 is 5.32 Å². The molecule has 2 heterocycles. The van der Waals surface area contributed by atoms with Gasteiger partial charge in [-0.25, -0.2) is 8.78 Å². The Kier molecular flexibility index (Phi) is 4.24. The number of pyridine rings is 2. The lowest BCUT2D eigenvalue weighted by Gasteiger charge is -2.13. The summed E-state index contributed by atoms with van der Waals surface area (Å²) in [6.45, 7) is 0.584. The Morgan fingerprint density at radius 2 is 1.84 bits per heavy atom. The summed E-state index contributed by atoms with van der Waals surface area (Å²) in [4.78, 5) is 8.80. The molecule has 0 saturated carbocycles. The Morgan fingerprint density at radius 1 is 1.00 bits per heavy atom. The summed E-state index contributed by atoms with van der Waals surface area (Å²) in [7, 11) is 0. The van der Waals surface area contributed by atoms with Gasteiger partial charge in [0, 0.05) is 24.5 Å². The maximum absolute atomic E-state index is 13.8. The van der Waals surface area contributed by atoms with E-state index in [1.807, 2.05) is 12.3 Å². The first-order valence-electron chi connectivity index (χ1n) is 8.29. The van der Waals surface area contributed by atoms with Crippen LogP contribution in [0, 0.1) is 11.6 Å². The average molecular weight is 337 g/mol. The first kappa shape index (κ1) is 15.8. The van der Waals surface area contributed by atoms with Crippen molar-refractivity contribution in [3.63, 3.8) is 0 Å². The zero-order valence-electron chi connectivity index (χ0n) is 13.5. The Balaban J connectivity index is 1.47. The summed E-state index contributed by atoms with van der Waals surface area (Å²) >= 11 is 0. The quantitative estimate of drug-likeness (QED) is 0.775. The van der Waals surface area contributed by atoms with Crippen molar-refractivity contribution in [1.29, 1.82) is 0 Å². The van der Waals surface area contributed by atoms with Crippen LogP contribution in [0.15, 0.2) is 54.9 Å². The van der Waals surface area contributed by atoms with Crippen LogP contribution in [0.25, 0.3) is 11.1 Å². The monoisotopic (exact) mass is 337 g/mol. The van der Waals surface area contributed by atoms with Gasteiger partial charge in [-0.05, 0) is 42.7 Å². The zero-order chi connectivity index (χ0) is 17.2. The number of aromatic nitrogens is 2. The number of nitrogens with zero attached hydrogens (tertiary/aromatic N) is 2. The van der Waals surface area contributed by atoms with Crippen LogP contribution < -0.4 is 5.32 Å². The third-order valence-electron chi connectivity index (χ3n) is 4.56. The largest absolute Gasteiger partial charge is 0.303 e. The highest BCUT2D eigenvalue weighted by Gasteiger charge is 2.22. The van der Waals surface area contributed by atoms with Crippen molar-refractivity contribution in [3.05, 3.63) is 83.4 Å². The molecule has 25 heavy (non-hydrogen) atoms. The fraction of sp³-hybridized carbons (Fsp3) is 0.200. The lowest BCUT2D eigenvalue weighted by Crippen LogP contribution is -2.20. The van der Waals surface area contributed by atoms with Gasteiger partial charge in [0.25, 0.3) is 0 Å². The van der Waals surface area contributed by atoms with E-state index in [1.165, 1.54) is 30.0 Å². The third kappa shape index (κ3) is 3.15. The molecule has 1 aliphatic rings. The van der Waals surface area contributed by atoms with Gasteiger partial charge in [-0.2, -0.15) is 0 Å². The van der Waals surface area contributed by atoms with Crippen molar-refractivity contribution in [2.45, 2.75) is 25.4 Å². The van der Waals surface area contributed by atoms with Gasteiger partial charge >= 0.3 is 0 Å². The Labute approximate surface area is 144 Å². The average Bonchev–Trinajstić information content (AvgIpc) is 3.04. The molecule has 0 amide bonds. The molecule has 4 rings (SSSR count). The van der Waals surface area contributed by atoms with Crippen molar-refractivity contribution in [2.75, 3.05) is 0 Å². The van der Waals surface area contributed by atoms with E-state index in [1.54, 1.807) is 12.1 Å². The zero-order valence-corrected chi connectivity index (χ0v) is 13.5. The molecule has 1 N–H and O–H groups in total. The van der Waals surface area contributed by atoms with Crippen LogP contribution >= 0.6 is 0 Å². The smallest absolute Gasteiger partial charge is 0.134 e. The van der Waals surface area contributed by atoms with E-state index in [9.17, 15) is 8.78 Å². The van der Waals surface area contributed by atoms with Gasteiger partial charge in [-0.15, -0.1) is 0 Å². The highest BCUT2D eigenvalue weighted by atomic mass is 19.1. The lowest BCUT2D eigenvalue weighted by molar-refractivity contribution is 0.516. The van der Waals surface area contributed by atoms with Crippen molar-refractivity contribution in [2.24, 2.45) is 0 Å². The predicted molar refractivity (Wildman–Crippen MR) is 91.7 cm³/mol. The fourth-order valence-electron chi connectivity index (χ4n) is 3.29. The van der Waals surface area contributed by atoms with E-state index in [-0.39, 0.29) is 11.6 Å². The van der Waals surface area contributed by atoms with Crippen LogP contribution in [0.1, 0.15) is 29.4 Å². The number of rotatable bonds is 4. The highest BCUT2D eigenvalue weighted by Crippen LogP contribution is 2.29. The van der Waals surface area contributed by atoms with Gasteiger partial charge in [0.05, 0.1) is 23.0 Å². The van der Waals surface area contributed by atoms with Crippen LogP contribution in [0.3, 0.4) is 0 Å². The second-order valence-corrected chi connectivity index (χ2v) is 6.15. The molecule has 2 aromatic heterocycles. The molecular formula is C20H17F2N3. The maximum Gasteiger partial charge on any atom is 0.134 e. The highest BCUT2D eigenvalue weighted by molar-refractivity contribution is 5.63. The summed E-state index contributed by atoms with van der Waals surface area (Å²) in [6.07, 6.45) is 5.37. The van der Waals surface area contributed by atoms with Gasteiger partial charge in [0.2, 0.25) is 0 Å². The van der Waals surface area contributed by atoms with E-state index in [2.05, 4.69) is 21.4 Å². The summed E-state index contributed by atoms with van der Waals surface area (Å²) < 4.78 is 27.7. The number of hydrogen-bond acceptors (Lipinski definition) is 3. The van der Waals surface area contributed by atoms with Crippen molar-refractivity contribution < 1.29 is 8.78 Å². The molecule has 1 aliphatic carbocycles. The molecule has 3 nitrogen and oxygen atoms in total. The van der Waals surface area contributed by atoms with Crippen LogP contribution in [0.5, 0.6) is 0 Å². The standard InChI is InChI=1S/C20H17F2N3/c21-16-4-1-5-17(22)19(16)14-6-8-15(24-11-14)12-25-18-9-7-13-3-2-10-23-20(13)18/h1-6,8,10-11,18,25H,7,9,12H2. The van der Waals surface area contributed by atoms with Crippen LogP contribution in [0.2, 0.25) is 0 Å². The Hall–Kier alpha value is -2.66. The number of nitrogens with one attached hydrogen (secondary N) is 1. The molecule has 0 aliphatic heterocycles. The van der Waals surface area contributed by atoms with Crippen molar-refractivity contribution in [1.82, 2.24) is 15.3 Å². The van der Waals surface area contributed by atoms with Crippen molar-refractivity contribution in [3.8, 4) is 11.1 Å². The summed E-state index contributed by atoms with van der Waals surface area (Å²) in [5, 5.41) is 3.46. The molecular weight excluding hydrogens is 320 g/mol. The number of aryl methyl sites for hydroxylation is 1. The van der Waals surface area contributed by atoms with Gasteiger partial charge in [0.1, 0.15) is 11.6 Å². The van der Waals surface area contributed by atoms with E-state index in [4.69, 9.17) is 0 Å². The lowest BCUT2D eigenvalue weighted by atomic mass is 10.1. The second-order valence-electron chi connectivity index (χ2n) is 6.15. The molecule has 0 fully saturated rings. The number of benzene rings is 1. The first-order chi connectivity index (χ1) is 12.2.